The van der Waals surface area contributed by atoms with E-state index in [2.05, 4.69) is 64.5 Å². The Balaban J connectivity index is 1.21. The summed E-state index contributed by atoms with van der Waals surface area (Å²) in [6.07, 6.45) is 6.92. The molecule has 0 amide bonds. The first-order chi connectivity index (χ1) is 23.4. The first-order valence-corrected chi connectivity index (χ1v) is 19.7. The van der Waals surface area contributed by atoms with Crippen LogP contribution in [0.5, 0.6) is 11.5 Å². The summed E-state index contributed by atoms with van der Waals surface area (Å²) >= 11 is 3.52. The molecule has 49 heavy (non-hydrogen) atoms. The molecular weight excluding hydrogens is 712 g/mol. The molecule has 0 spiro atoms. The van der Waals surface area contributed by atoms with Crippen molar-refractivity contribution in [3.63, 3.8) is 0 Å². The SMILES string of the molecule is COc1cnn(-c2ccc(Nc3nc(Nc4cc(OC)c(N5CCC(N6CCN(C)CC6)CC5)cc4C)ncc3Br)c(P(C)(C)=O)c2F)c1. The Hall–Kier alpha value is -3.71. The number of aromatic nitrogens is 4. The maximum absolute atomic E-state index is 16.0. The van der Waals surface area contributed by atoms with E-state index >= 15 is 4.39 Å². The van der Waals surface area contributed by atoms with Crippen molar-refractivity contribution in [3.8, 4) is 17.2 Å². The zero-order chi connectivity index (χ0) is 34.9. The molecule has 2 N–H and O–H groups in total. The largest absolute Gasteiger partial charge is 0.495 e. The van der Waals surface area contributed by atoms with Crippen molar-refractivity contribution in [2.45, 2.75) is 25.8 Å². The molecule has 2 aromatic heterocycles. The third-order valence-electron chi connectivity index (χ3n) is 9.30. The van der Waals surface area contributed by atoms with E-state index < -0.39 is 13.0 Å². The summed E-state index contributed by atoms with van der Waals surface area (Å²) in [6, 6.07) is 8.01. The Morgan fingerprint density at radius 1 is 0.959 bits per heavy atom. The van der Waals surface area contributed by atoms with Crippen molar-refractivity contribution in [2.75, 3.05) is 89.4 Å². The number of ether oxygens (including phenoxy) is 2. The molecule has 15 heteroatoms. The molecule has 0 saturated carbocycles. The van der Waals surface area contributed by atoms with Gasteiger partial charge in [-0.15, -0.1) is 0 Å². The van der Waals surface area contributed by atoms with Crippen LogP contribution in [0.3, 0.4) is 0 Å². The summed E-state index contributed by atoms with van der Waals surface area (Å²) in [5, 5.41) is 10.8. The lowest BCUT2D eigenvalue weighted by atomic mass is 10.0. The zero-order valence-electron chi connectivity index (χ0n) is 28.8. The van der Waals surface area contributed by atoms with E-state index in [1.54, 1.807) is 31.6 Å². The van der Waals surface area contributed by atoms with E-state index in [9.17, 15) is 4.57 Å². The lowest BCUT2D eigenvalue weighted by Gasteiger charge is -2.42. The van der Waals surface area contributed by atoms with Crippen LogP contribution in [-0.2, 0) is 4.57 Å². The van der Waals surface area contributed by atoms with Gasteiger partial charge >= 0.3 is 0 Å². The van der Waals surface area contributed by atoms with Crippen molar-refractivity contribution >= 4 is 57.2 Å². The second-order valence-corrected chi connectivity index (χ2v) is 17.0. The number of nitrogens with one attached hydrogen (secondary N) is 2. The second kappa shape index (κ2) is 14.6. The fourth-order valence-electron chi connectivity index (χ4n) is 6.54. The predicted molar refractivity (Wildman–Crippen MR) is 197 cm³/mol. The highest BCUT2D eigenvalue weighted by Crippen LogP contribution is 2.42. The van der Waals surface area contributed by atoms with Crippen molar-refractivity contribution in [1.29, 1.82) is 0 Å². The lowest BCUT2D eigenvalue weighted by Crippen LogP contribution is -2.52. The van der Waals surface area contributed by atoms with Crippen LogP contribution in [0.4, 0.5) is 33.2 Å². The standard InChI is InChI=1S/C34H44BrFN9O3P/c1-22-17-29(44-11-9-23(10-12-44)43-15-13-42(2)14-16-43)30(48-4)18-27(22)40-34-37-20-25(35)33(41-34)39-26-7-8-28(31(36)32(26)49(5,6)46)45-21-24(47-3)19-38-45/h7-8,17-21,23H,9-16H2,1-6H3,(H2,37,39,40,41). The molecule has 2 fully saturated rings. The molecule has 2 aromatic carbocycles. The van der Waals surface area contributed by atoms with Gasteiger partial charge in [-0.2, -0.15) is 10.1 Å². The molecule has 4 heterocycles. The van der Waals surface area contributed by atoms with Crippen LogP contribution in [0.2, 0.25) is 0 Å². The van der Waals surface area contributed by atoms with Gasteiger partial charge in [-0.25, -0.2) is 14.1 Å². The topological polar surface area (TPSA) is 113 Å². The normalized spacial score (nSPS) is 16.5. The minimum absolute atomic E-state index is 0.0585. The van der Waals surface area contributed by atoms with Gasteiger partial charge in [0.15, 0.2) is 11.6 Å². The van der Waals surface area contributed by atoms with Crippen LogP contribution in [0.1, 0.15) is 18.4 Å². The van der Waals surface area contributed by atoms with Crippen LogP contribution < -0.4 is 30.3 Å². The molecule has 4 aromatic rings. The highest BCUT2D eigenvalue weighted by Gasteiger charge is 2.29. The zero-order valence-corrected chi connectivity index (χ0v) is 31.3. The Morgan fingerprint density at radius 3 is 2.35 bits per heavy atom. The van der Waals surface area contributed by atoms with Crippen LogP contribution in [0.25, 0.3) is 5.69 Å². The van der Waals surface area contributed by atoms with Crippen LogP contribution in [0, 0.1) is 12.7 Å². The summed E-state index contributed by atoms with van der Waals surface area (Å²) in [7, 11) is 2.29. The van der Waals surface area contributed by atoms with Gasteiger partial charge in [0.1, 0.15) is 24.4 Å². The van der Waals surface area contributed by atoms with Gasteiger partial charge in [0.2, 0.25) is 5.95 Å². The maximum atomic E-state index is 16.0. The number of rotatable bonds is 10. The van der Waals surface area contributed by atoms with Gasteiger partial charge < -0.3 is 34.5 Å². The predicted octanol–water partition coefficient (Wildman–Crippen LogP) is 5.84. The molecule has 262 valence electrons. The van der Waals surface area contributed by atoms with Crippen LogP contribution in [0.15, 0.2) is 47.3 Å². The van der Waals surface area contributed by atoms with Crippen molar-refractivity contribution in [3.05, 3.63) is 58.7 Å². The number of hydrogen-bond acceptors (Lipinski definition) is 11. The molecule has 2 saturated heterocycles. The van der Waals surface area contributed by atoms with E-state index in [0.717, 1.165) is 74.8 Å². The number of halogens is 2. The number of piperidine rings is 1. The molecule has 6 rings (SSSR count). The molecule has 0 unspecified atom stereocenters. The highest BCUT2D eigenvalue weighted by molar-refractivity contribution is 9.10. The average molecular weight is 757 g/mol. The monoisotopic (exact) mass is 755 g/mol. The third-order valence-corrected chi connectivity index (χ3v) is 11.4. The molecular formula is C34H44BrFN9O3P. The number of hydrogen-bond donors (Lipinski definition) is 2. The van der Waals surface area contributed by atoms with Crippen molar-refractivity contribution in [1.82, 2.24) is 29.5 Å². The highest BCUT2D eigenvalue weighted by atomic mass is 79.9. The maximum Gasteiger partial charge on any atom is 0.229 e. The second-order valence-electron chi connectivity index (χ2n) is 13.0. The van der Waals surface area contributed by atoms with Gasteiger partial charge in [-0.3, -0.25) is 4.90 Å². The van der Waals surface area contributed by atoms with E-state index in [0.29, 0.717) is 33.7 Å². The molecule has 0 aliphatic carbocycles. The molecule has 0 radical (unpaired) electrons. The molecule has 0 bridgehead atoms. The summed E-state index contributed by atoms with van der Waals surface area (Å²) in [4.78, 5) is 16.6. The molecule has 2 aliphatic heterocycles. The Morgan fingerprint density at radius 2 is 1.69 bits per heavy atom. The van der Waals surface area contributed by atoms with Gasteiger partial charge in [0, 0.05) is 63.3 Å². The van der Waals surface area contributed by atoms with Gasteiger partial charge in [-0.1, -0.05) is 0 Å². The van der Waals surface area contributed by atoms with E-state index in [4.69, 9.17) is 14.5 Å². The van der Waals surface area contributed by atoms with Crippen molar-refractivity contribution in [2.24, 2.45) is 0 Å². The summed E-state index contributed by atoms with van der Waals surface area (Å²) in [6.45, 7) is 11.6. The summed E-state index contributed by atoms with van der Waals surface area (Å²) < 4.78 is 42.4. The van der Waals surface area contributed by atoms with Gasteiger partial charge in [0.25, 0.3) is 0 Å². The Labute approximate surface area is 295 Å². The Bertz CT molecular complexity index is 1850. The van der Waals surface area contributed by atoms with Gasteiger partial charge in [0.05, 0.1) is 47.8 Å². The first-order valence-electron chi connectivity index (χ1n) is 16.3. The smallest absolute Gasteiger partial charge is 0.229 e. The fraction of sp³-hybridized carbons (Fsp3) is 0.441. The number of aryl methyl sites for hydroxylation is 1. The summed E-state index contributed by atoms with van der Waals surface area (Å²) in [5.41, 5.74) is 3.39. The third kappa shape index (κ3) is 7.72. The van der Waals surface area contributed by atoms with Gasteiger partial charge in [-0.05, 0) is 79.8 Å². The number of nitrogens with zero attached hydrogens (tertiary/aromatic N) is 7. The first kappa shape index (κ1) is 35.1. The molecule has 0 atom stereocenters. The minimum Gasteiger partial charge on any atom is -0.495 e. The minimum atomic E-state index is -3.11. The number of methoxy groups -OCH3 is 2. The van der Waals surface area contributed by atoms with E-state index in [1.807, 2.05) is 13.0 Å². The van der Waals surface area contributed by atoms with Crippen LogP contribution >= 0.6 is 23.1 Å². The van der Waals surface area contributed by atoms with E-state index in [-0.39, 0.29) is 11.0 Å². The quantitative estimate of drug-likeness (QED) is 0.191. The summed E-state index contributed by atoms with van der Waals surface area (Å²) in [5.74, 6) is 1.32. The van der Waals surface area contributed by atoms with E-state index in [1.165, 1.54) is 31.3 Å². The lowest BCUT2D eigenvalue weighted by molar-refractivity contribution is 0.0981. The Kier molecular flexibility index (Phi) is 10.5. The number of likely N-dealkylation sites (N-methyl/N-ethyl adjacent to an activating group) is 1. The molecule has 2 aliphatic rings. The van der Waals surface area contributed by atoms with Crippen LogP contribution in [-0.4, -0.2) is 109 Å². The number of piperazine rings is 1. The number of anilines is 5. The van der Waals surface area contributed by atoms with Crippen molar-refractivity contribution < 1.29 is 18.4 Å². The molecule has 12 nitrogen and oxygen atoms in total. The average Bonchev–Trinajstić information content (AvgIpc) is 3.56. The number of benzene rings is 2. The fourth-order valence-corrected chi connectivity index (χ4v) is 8.13.